The number of hydrogen-bond acceptors (Lipinski definition) is 0. The van der Waals surface area contributed by atoms with Crippen LogP contribution in [0.1, 0.15) is 39.0 Å². The molecule has 0 aromatic rings. The lowest BCUT2D eigenvalue weighted by Gasteiger charge is -2.79. The van der Waals surface area contributed by atoms with Crippen molar-refractivity contribution in [2.24, 2.45) is 41.4 Å². The summed E-state index contributed by atoms with van der Waals surface area (Å²) < 4.78 is 0. The van der Waals surface area contributed by atoms with Crippen molar-refractivity contribution < 1.29 is 0 Å². The Bertz CT molecular complexity index is 240. The lowest BCUT2D eigenvalue weighted by molar-refractivity contribution is -0.310. The van der Waals surface area contributed by atoms with Crippen molar-refractivity contribution in [3.05, 3.63) is 0 Å². The Labute approximate surface area is 81.1 Å². The molecule has 0 nitrogen and oxygen atoms in total. The molecule has 4 rings (SSSR count). The minimum Gasteiger partial charge on any atom is -0.0654 e. The van der Waals surface area contributed by atoms with Gasteiger partial charge in [-0.3, -0.25) is 0 Å². The molecule has 0 amide bonds. The molecule has 4 saturated carbocycles. The smallest absolute Gasteiger partial charge is 0.0315 e. The minimum atomic E-state index is 1.18. The van der Waals surface area contributed by atoms with Crippen LogP contribution >= 0.6 is 0 Å². The van der Waals surface area contributed by atoms with E-state index >= 15 is 0 Å². The Morgan fingerprint density at radius 2 is 1.69 bits per heavy atom. The molecule has 0 N–H and O–H groups in total. The highest BCUT2D eigenvalue weighted by molar-refractivity contribution is 5.20. The van der Waals surface area contributed by atoms with Crippen LogP contribution in [0, 0.1) is 41.4 Å². The fraction of sp³-hybridized carbons (Fsp3) is 1.00. The van der Waals surface area contributed by atoms with Gasteiger partial charge in [-0.1, -0.05) is 19.8 Å². The van der Waals surface area contributed by atoms with Crippen molar-refractivity contribution in [3.8, 4) is 0 Å². The maximum absolute atomic E-state index is 2.36. The number of fused-ring (bicyclic) bond motifs is 7. The predicted molar refractivity (Wildman–Crippen MR) is 53.2 cm³/mol. The van der Waals surface area contributed by atoms with Crippen LogP contribution in [0.5, 0.6) is 0 Å². The van der Waals surface area contributed by atoms with Crippen LogP contribution in [0.2, 0.25) is 0 Å². The zero-order chi connectivity index (χ0) is 8.58. The van der Waals surface area contributed by atoms with E-state index in [0.29, 0.717) is 0 Å². The first-order valence-electron chi connectivity index (χ1n) is 6.42. The maximum atomic E-state index is 2.36. The summed E-state index contributed by atoms with van der Waals surface area (Å²) in [5.41, 5.74) is 0. The van der Waals surface area contributed by atoms with Crippen molar-refractivity contribution in [1.29, 1.82) is 0 Å². The van der Waals surface area contributed by atoms with Crippen molar-refractivity contribution in [3.63, 3.8) is 0 Å². The van der Waals surface area contributed by atoms with Crippen LogP contribution < -0.4 is 0 Å². The Balaban J connectivity index is 1.48. The molecule has 0 radical (unpaired) electrons. The molecule has 0 heterocycles. The summed E-state index contributed by atoms with van der Waals surface area (Å²) in [7, 11) is 0. The summed E-state index contributed by atoms with van der Waals surface area (Å²) in [6.45, 7) is 2.36. The Hall–Kier alpha value is 0. The van der Waals surface area contributed by atoms with Gasteiger partial charge in [0, 0.05) is 0 Å². The molecule has 0 spiro atoms. The van der Waals surface area contributed by atoms with E-state index in [1.807, 2.05) is 0 Å². The Morgan fingerprint density at radius 1 is 0.923 bits per heavy atom. The van der Waals surface area contributed by atoms with E-state index in [0.717, 1.165) is 0 Å². The van der Waals surface area contributed by atoms with E-state index in [1.54, 1.807) is 25.7 Å². The third-order valence-electron chi connectivity index (χ3n) is 6.03. The first kappa shape index (κ1) is 7.31. The molecule has 4 fully saturated rings. The second-order valence-corrected chi connectivity index (χ2v) is 6.09. The molecule has 0 aromatic heterocycles. The van der Waals surface area contributed by atoms with Gasteiger partial charge in [-0.25, -0.2) is 0 Å². The highest BCUT2D eigenvalue weighted by atomic mass is 14.8. The van der Waals surface area contributed by atoms with E-state index in [2.05, 4.69) is 6.92 Å². The van der Waals surface area contributed by atoms with E-state index in [1.165, 1.54) is 47.8 Å². The van der Waals surface area contributed by atoms with Crippen molar-refractivity contribution in [2.75, 3.05) is 0 Å². The van der Waals surface area contributed by atoms with Crippen LogP contribution in [-0.4, -0.2) is 0 Å². The molecule has 0 aromatic carbocycles. The minimum absolute atomic E-state index is 1.18. The Morgan fingerprint density at radius 3 is 2.38 bits per heavy atom. The van der Waals surface area contributed by atoms with Gasteiger partial charge in [0.1, 0.15) is 0 Å². The van der Waals surface area contributed by atoms with Gasteiger partial charge in [-0.15, -0.1) is 0 Å². The third-order valence-corrected chi connectivity index (χ3v) is 6.03. The summed E-state index contributed by atoms with van der Waals surface area (Å²) >= 11 is 0. The molecule has 0 bridgehead atoms. The van der Waals surface area contributed by atoms with Gasteiger partial charge < -0.3 is 0 Å². The molecular weight excluding hydrogens is 156 g/mol. The van der Waals surface area contributed by atoms with Crippen LogP contribution in [0.25, 0.3) is 0 Å². The summed E-state index contributed by atoms with van der Waals surface area (Å²) in [4.78, 5) is 0. The molecule has 13 heavy (non-hydrogen) atoms. The van der Waals surface area contributed by atoms with Gasteiger partial charge in [-0.2, -0.15) is 0 Å². The van der Waals surface area contributed by atoms with Crippen molar-refractivity contribution in [2.45, 2.75) is 39.0 Å². The molecule has 0 aliphatic heterocycles. The van der Waals surface area contributed by atoms with Gasteiger partial charge in [-0.05, 0) is 60.7 Å². The first-order chi connectivity index (χ1) is 6.42. The SMILES string of the molecule is CCCC1CC2C1C1C3CCC3C21. The topological polar surface area (TPSA) is 0 Å². The first-order valence-corrected chi connectivity index (χ1v) is 6.42. The molecule has 4 aliphatic carbocycles. The summed E-state index contributed by atoms with van der Waals surface area (Å²) in [5.74, 6) is 8.66. The maximum Gasteiger partial charge on any atom is -0.0315 e. The fourth-order valence-corrected chi connectivity index (χ4v) is 5.44. The van der Waals surface area contributed by atoms with Crippen LogP contribution in [0.4, 0.5) is 0 Å². The van der Waals surface area contributed by atoms with Crippen molar-refractivity contribution in [1.82, 2.24) is 0 Å². The fourth-order valence-electron chi connectivity index (χ4n) is 5.44. The van der Waals surface area contributed by atoms with E-state index < -0.39 is 0 Å². The third kappa shape index (κ3) is 0.620. The van der Waals surface area contributed by atoms with Gasteiger partial charge in [0.15, 0.2) is 0 Å². The van der Waals surface area contributed by atoms with E-state index in [-0.39, 0.29) is 0 Å². The van der Waals surface area contributed by atoms with Crippen molar-refractivity contribution >= 4 is 0 Å². The zero-order valence-electron chi connectivity index (χ0n) is 8.58. The molecule has 0 saturated heterocycles. The monoisotopic (exact) mass is 176 g/mol. The number of hydrogen-bond donors (Lipinski definition) is 0. The van der Waals surface area contributed by atoms with Crippen LogP contribution in [-0.2, 0) is 0 Å². The van der Waals surface area contributed by atoms with Gasteiger partial charge in [0.25, 0.3) is 0 Å². The van der Waals surface area contributed by atoms with Gasteiger partial charge in [0.05, 0.1) is 0 Å². The summed E-state index contributed by atoms with van der Waals surface area (Å²) in [5, 5.41) is 0. The Kier molecular flexibility index (Phi) is 1.21. The van der Waals surface area contributed by atoms with E-state index in [9.17, 15) is 0 Å². The predicted octanol–water partition coefficient (Wildman–Crippen LogP) is 3.32. The number of rotatable bonds is 2. The van der Waals surface area contributed by atoms with Gasteiger partial charge >= 0.3 is 0 Å². The molecule has 4 aliphatic rings. The molecule has 0 heteroatoms. The second kappa shape index (κ2) is 2.15. The van der Waals surface area contributed by atoms with E-state index in [4.69, 9.17) is 0 Å². The lowest BCUT2D eigenvalue weighted by atomic mass is 9.26. The standard InChI is InChI=1S/C13H20/c1-2-3-7-6-10-11(7)13-9-5-4-8(9)12(10)13/h7-13H,2-6H2,1H3. The quantitative estimate of drug-likeness (QED) is 0.605. The van der Waals surface area contributed by atoms with Gasteiger partial charge in [0.2, 0.25) is 0 Å². The van der Waals surface area contributed by atoms with Crippen LogP contribution in [0.3, 0.4) is 0 Å². The highest BCUT2D eigenvalue weighted by Gasteiger charge is 2.73. The summed E-state index contributed by atoms with van der Waals surface area (Å²) in [6, 6.07) is 0. The average molecular weight is 176 g/mol. The molecule has 7 atom stereocenters. The highest BCUT2D eigenvalue weighted by Crippen LogP contribution is 2.78. The average Bonchev–Trinajstić information content (AvgIpc) is 2.06. The zero-order valence-corrected chi connectivity index (χ0v) is 8.58. The molecule has 7 unspecified atom stereocenters. The second-order valence-electron chi connectivity index (χ2n) is 6.09. The summed E-state index contributed by atoms with van der Waals surface area (Å²) in [6.07, 6.45) is 7.81. The van der Waals surface area contributed by atoms with Crippen LogP contribution in [0.15, 0.2) is 0 Å². The molecule has 72 valence electrons. The normalized spacial score (nSPS) is 65.8. The lowest BCUT2D eigenvalue weighted by Crippen LogP contribution is -2.73. The molecular formula is C13H20. The largest absolute Gasteiger partial charge is 0.0654 e.